The molecule has 2 heterocycles. The molecule has 0 aromatic carbocycles. The Morgan fingerprint density at radius 1 is 1.42 bits per heavy atom. The van der Waals surface area contributed by atoms with Gasteiger partial charge in [-0.1, -0.05) is 30.3 Å². The summed E-state index contributed by atoms with van der Waals surface area (Å²) in [6.45, 7) is 5.70. The van der Waals surface area contributed by atoms with Crippen LogP contribution in [-0.4, -0.2) is 53.8 Å². The van der Waals surface area contributed by atoms with Gasteiger partial charge in [-0.15, -0.1) is 0 Å². The summed E-state index contributed by atoms with van der Waals surface area (Å²) in [5, 5.41) is 1.26. The van der Waals surface area contributed by atoms with Gasteiger partial charge in [0.15, 0.2) is 5.16 Å². The SMILES string of the molecule is CCN1CCC(N(C)c2cc(Cl)nc(SC)n2)CC1. The van der Waals surface area contributed by atoms with Crippen LogP contribution in [0.4, 0.5) is 5.82 Å². The molecule has 0 amide bonds. The number of likely N-dealkylation sites (tertiary alicyclic amines) is 1. The molecule has 4 nitrogen and oxygen atoms in total. The molecule has 0 atom stereocenters. The summed E-state index contributed by atoms with van der Waals surface area (Å²) < 4.78 is 0. The topological polar surface area (TPSA) is 32.3 Å². The monoisotopic (exact) mass is 300 g/mol. The number of thioether (sulfide) groups is 1. The lowest BCUT2D eigenvalue weighted by Gasteiger charge is -2.36. The molecule has 0 aliphatic carbocycles. The normalized spacial score (nSPS) is 17.7. The molecular formula is C13H21ClN4S. The minimum absolute atomic E-state index is 0.521. The van der Waals surface area contributed by atoms with Crippen LogP contribution in [0.3, 0.4) is 0 Å². The molecule has 2 rings (SSSR count). The number of hydrogen-bond acceptors (Lipinski definition) is 5. The van der Waals surface area contributed by atoms with Gasteiger partial charge in [-0.05, 0) is 25.6 Å². The average Bonchev–Trinajstić information content (AvgIpc) is 2.46. The van der Waals surface area contributed by atoms with Crippen molar-refractivity contribution in [2.45, 2.75) is 31.0 Å². The van der Waals surface area contributed by atoms with Crippen molar-refractivity contribution in [1.82, 2.24) is 14.9 Å². The summed E-state index contributed by atoms with van der Waals surface area (Å²) in [6, 6.07) is 2.40. The Morgan fingerprint density at radius 3 is 2.68 bits per heavy atom. The lowest BCUT2D eigenvalue weighted by atomic mass is 10.0. The lowest BCUT2D eigenvalue weighted by molar-refractivity contribution is 0.220. The molecule has 106 valence electrons. The van der Waals surface area contributed by atoms with Gasteiger partial charge in [0.05, 0.1) is 0 Å². The van der Waals surface area contributed by atoms with Gasteiger partial charge in [0.1, 0.15) is 11.0 Å². The van der Waals surface area contributed by atoms with Crippen molar-refractivity contribution in [2.24, 2.45) is 0 Å². The van der Waals surface area contributed by atoms with E-state index in [0.717, 1.165) is 17.5 Å². The van der Waals surface area contributed by atoms with Gasteiger partial charge in [0.2, 0.25) is 0 Å². The van der Waals surface area contributed by atoms with E-state index in [1.165, 1.54) is 37.7 Å². The number of halogens is 1. The quantitative estimate of drug-likeness (QED) is 0.485. The van der Waals surface area contributed by atoms with E-state index < -0.39 is 0 Å². The van der Waals surface area contributed by atoms with Crippen LogP contribution in [0.2, 0.25) is 5.15 Å². The van der Waals surface area contributed by atoms with E-state index in [2.05, 4.69) is 33.7 Å². The highest BCUT2D eigenvalue weighted by molar-refractivity contribution is 7.98. The van der Waals surface area contributed by atoms with E-state index in [1.54, 1.807) is 0 Å². The Balaban J connectivity index is 2.07. The molecule has 1 aliphatic heterocycles. The van der Waals surface area contributed by atoms with Gasteiger partial charge < -0.3 is 9.80 Å². The van der Waals surface area contributed by atoms with Crippen molar-refractivity contribution in [2.75, 3.05) is 37.8 Å². The average molecular weight is 301 g/mol. The summed E-state index contributed by atoms with van der Waals surface area (Å²) >= 11 is 7.58. The third-order valence-electron chi connectivity index (χ3n) is 3.76. The first-order valence-electron chi connectivity index (χ1n) is 6.67. The molecule has 6 heteroatoms. The summed E-state index contributed by atoms with van der Waals surface area (Å²) in [7, 11) is 2.11. The number of nitrogens with zero attached hydrogens (tertiary/aromatic N) is 4. The fourth-order valence-electron chi connectivity index (χ4n) is 2.47. The third-order valence-corrected chi connectivity index (χ3v) is 4.50. The zero-order valence-electron chi connectivity index (χ0n) is 11.8. The van der Waals surface area contributed by atoms with Crippen LogP contribution in [0, 0.1) is 0 Å². The number of piperidine rings is 1. The summed E-state index contributed by atoms with van der Waals surface area (Å²) in [6.07, 6.45) is 4.33. The van der Waals surface area contributed by atoms with Gasteiger partial charge in [0, 0.05) is 32.2 Å². The van der Waals surface area contributed by atoms with Crippen molar-refractivity contribution in [3.63, 3.8) is 0 Å². The highest BCUT2D eigenvalue weighted by atomic mass is 35.5. The Kier molecular flexibility index (Phi) is 5.30. The minimum Gasteiger partial charge on any atom is -0.356 e. The van der Waals surface area contributed by atoms with E-state index >= 15 is 0 Å². The zero-order chi connectivity index (χ0) is 13.8. The summed E-state index contributed by atoms with van der Waals surface area (Å²) in [4.78, 5) is 13.5. The van der Waals surface area contributed by atoms with Crippen LogP contribution < -0.4 is 4.90 Å². The molecule has 0 radical (unpaired) electrons. The standard InChI is InChI=1S/C13H21ClN4S/c1-4-18-7-5-10(6-8-18)17(2)12-9-11(14)15-13(16-12)19-3/h9-10H,4-8H2,1-3H3. The molecule has 1 saturated heterocycles. The molecule has 1 aliphatic rings. The van der Waals surface area contributed by atoms with Crippen LogP contribution >= 0.6 is 23.4 Å². The molecule has 1 aromatic heterocycles. The lowest BCUT2D eigenvalue weighted by Crippen LogP contribution is -2.43. The number of anilines is 1. The first-order chi connectivity index (χ1) is 9.13. The third kappa shape index (κ3) is 3.74. The van der Waals surface area contributed by atoms with E-state index in [0.29, 0.717) is 11.2 Å². The van der Waals surface area contributed by atoms with Crippen LogP contribution in [0.15, 0.2) is 11.2 Å². The van der Waals surface area contributed by atoms with E-state index in [-0.39, 0.29) is 0 Å². The maximum Gasteiger partial charge on any atom is 0.190 e. The fraction of sp³-hybridized carbons (Fsp3) is 0.692. The predicted molar refractivity (Wildman–Crippen MR) is 82.4 cm³/mol. The molecule has 0 spiro atoms. The number of rotatable bonds is 4. The summed E-state index contributed by atoms with van der Waals surface area (Å²) in [5.74, 6) is 0.930. The first-order valence-corrected chi connectivity index (χ1v) is 8.28. The second kappa shape index (κ2) is 6.77. The van der Waals surface area contributed by atoms with Crippen molar-refractivity contribution in [3.05, 3.63) is 11.2 Å². The number of hydrogen-bond donors (Lipinski definition) is 0. The molecule has 19 heavy (non-hydrogen) atoms. The van der Waals surface area contributed by atoms with Crippen LogP contribution in [-0.2, 0) is 0 Å². The van der Waals surface area contributed by atoms with E-state index in [1.807, 2.05) is 12.3 Å². The number of aromatic nitrogens is 2. The Hall–Kier alpha value is -0.520. The Bertz CT molecular complexity index is 421. The second-order valence-electron chi connectivity index (χ2n) is 4.81. The molecular weight excluding hydrogens is 280 g/mol. The van der Waals surface area contributed by atoms with E-state index in [4.69, 9.17) is 11.6 Å². The smallest absolute Gasteiger partial charge is 0.190 e. The molecule has 0 saturated carbocycles. The zero-order valence-corrected chi connectivity index (χ0v) is 13.3. The van der Waals surface area contributed by atoms with Crippen LogP contribution in [0.25, 0.3) is 0 Å². The molecule has 0 N–H and O–H groups in total. The Labute approximate surface area is 124 Å². The van der Waals surface area contributed by atoms with Crippen molar-refractivity contribution < 1.29 is 0 Å². The van der Waals surface area contributed by atoms with Crippen molar-refractivity contribution in [3.8, 4) is 0 Å². The van der Waals surface area contributed by atoms with Gasteiger partial charge in [-0.3, -0.25) is 0 Å². The maximum absolute atomic E-state index is 6.06. The molecule has 1 fully saturated rings. The molecule has 1 aromatic rings. The maximum atomic E-state index is 6.06. The fourth-order valence-corrected chi connectivity index (χ4v) is 3.07. The van der Waals surface area contributed by atoms with E-state index in [9.17, 15) is 0 Å². The predicted octanol–water partition coefficient (Wildman–Crippen LogP) is 2.77. The van der Waals surface area contributed by atoms with Gasteiger partial charge >= 0.3 is 0 Å². The molecule has 0 unspecified atom stereocenters. The second-order valence-corrected chi connectivity index (χ2v) is 5.97. The summed E-state index contributed by atoms with van der Waals surface area (Å²) in [5.41, 5.74) is 0. The van der Waals surface area contributed by atoms with Crippen molar-refractivity contribution >= 4 is 29.2 Å². The Morgan fingerprint density at radius 2 is 2.11 bits per heavy atom. The molecule has 0 bridgehead atoms. The van der Waals surface area contributed by atoms with Gasteiger partial charge in [-0.25, -0.2) is 9.97 Å². The minimum atomic E-state index is 0.521. The highest BCUT2D eigenvalue weighted by Crippen LogP contribution is 2.24. The van der Waals surface area contributed by atoms with Crippen LogP contribution in [0.1, 0.15) is 19.8 Å². The van der Waals surface area contributed by atoms with Crippen molar-refractivity contribution in [1.29, 1.82) is 0 Å². The van der Waals surface area contributed by atoms with Gasteiger partial charge in [0.25, 0.3) is 0 Å². The largest absolute Gasteiger partial charge is 0.356 e. The van der Waals surface area contributed by atoms with Crippen LogP contribution in [0.5, 0.6) is 0 Å². The first kappa shape index (κ1) is 14.9. The van der Waals surface area contributed by atoms with Gasteiger partial charge in [-0.2, -0.15) is 0 Å². The highest BCUT2D eigenvalue weighted by Gasteiger charge is 2.23.